The van der Waals surface area contributed by atoms with Crippen LogP contribution in [-0.2, 0) is 10.8 Å². The predicted molar refractivity (Wildman–Crippen MR) is 109 cm³/mol. The minimum Gasteiger partial charge on any atom is -0.0622 e. The first-order chi connectivity index (χ1) is 13.2. The van der Waals surface area contributed by atoms with Crippen molar-refractivity contribution in [2.75, 3.05) is 0 Å². The van der Waals surface area contributed by atoms with E-state index in [2.05, 4.69) is 67.6 Å². The summed E-state index contributed by atoms with van der Waals surface area (Å²) < 4.78 is 0. The van der Waals surface area contributed by atoms with E-state index >= 15 is 0 Å². The van der Waals surface area contributed by atoms with E-state index in [-0.39, 0.29) is 0 Å². The van der Waals surface area contributed by atoms with Crippen LogP contribution < -0.4 is 0 Å². The molecule has 2 aromatic rings. The zero-order valence-electron chi connectivity index (χ0n) is 16.4. The Bertz CT molecular complexity index is 870. The zero-order valence-corrected chi connectivity index (χ0v) is 16.4. The van der Waals surface area contributed by atoms with Gasteiger partial charge in [-0.1, -0.05) is 67.6 Å². The van der Waals surface area contributed by atoms with Crippen molar-refractivity contribution in [1.82, 2.24) is 0 Å². The maximum absolute atomic E-state index is 2.72. The monoisotopic (exact) mass is 354 g/mol. The van der Waals surface area contributed by atoms with Gasteiger partial charge >= 0.3 is 0 Å². The van der Waals surface area contributed by atoms with Crippen LogP contribution in [0.1, 0.15) is 56.6 Å². The van der Waals surface area contributed by atoms with Gasteiger partial charge in [0.1, 0.15) is 0 Å². The average molecular weight is 355 g/mol. The second kappa shape index (κ2) is 4.70. The van der Waals surface area contributed by atoms with Crippen LogP contribution >= 0.6 is 0 Å². The molecule has 0 aliphatic heterocycles. The standard InChI is InChI=1S/C27H30/c1-25-17-26(19-8-4-2-5-9-19)15-23-21(25)12-18-13-22(25)24(16-26)27(23,14-18)20-10-6-3-7-11-20/h2-11,18,21-24H,12-17H2,1H3. The Morgan fingerprint density at radius 3 is 1.81 bits per heavy atom. The van der Waals surface area contributed by atoms with E-state index in [4.69, 9.17) is 0 Å². The molecule has 4 unspecified atom stereocenters. The minimum absolute atomic E-state index is 0.459. The lowest BCUT2D eigenvalue weighted by molar-refractivity contribution is -0.271. The lowest BCUT2D eigenvalue weighted by atomic mass is 9.24. The van der Waals surface area contributed by atoms with Gasteiger partial charge in [0, 0.05) is 5.41 Å². The summed E-state index contributed by atoms with van der Waals surface area (Å²) in [6, 6.07) is 23.5. The highest BCUT2D eigenvalue weighted by Crippen LogP contribution is 2.82. The molecule has 2 aromatic carbocycles. The van der Waals surface area contributed by atoms with Gasteiger partial charge in [0.2, 0.25) is 0 Å². The molecule has 0 saturated heterocycles. The highest BCUT2D eigenvalue weighted by atomic mass is 14.8. The first kappa shape index (κ1) is 15.4. The molecule has 27 heavy (non-hydrogen) atoms. The molecule has 7 saturated carbocycles. The fourth-order valence-corrected chi connectivity index (χ4v) is 9.95. The molecule has 0 aromatic heterocycles. The molecule has 0 radical (unpaired) electrons. The lowest BCUT2D eigenvalue weighted by Gasteiger charge is -2.80. The van der Waals surface area contributed by atoms with Gasteiger partial charge in [-0.2, -0.15) is 0 Å². The second-order valence-electron chi connectivity index (χ2n) is 11.1. The molecule has 0 nitrogen and oxygen atoms in total. The van der Waals surface area contributed by atoms with Crippen molar-refractivity contribution in [2.24, 2.45) is 35.0 Å². The van der Waals surface area contributed by atoms with Crippen molar-refractivity contribution in [3.8, 4) is 0 Å². The van der Waals surface area contributed by atoms with Crippen molar-refractivity contribution in [3.05, 3.63) is 71.8 Å². The summed E-state index contributed by atoms with van der Waals surface area (Å²) in [4.78, 5) is 0. The van der Waals surface area contributed by atoms with Crippen LogP contribution in [0.2, 0.25) is 0 Å². The van der Waals surface area contributed by atoms with Gasteiger partial charge < -0.3 is 0 Å². The molecule has 7 aliphatic carbocycles. The van der Waals surface area contributed by atoms with Gasteiger partial charge in [0.15, 0.2) is 0 Å². The summed E-state index contributed by atoms with van der Waals surface area (Å²) in [7, 11) is 0. The molecule has 8 bridgehead atoms. The maximum atomic E-state index is 2.72. The zero-order chi connectivity index (χ0) is 17.9. The van der Waals surface area contributed by atoms with E-state index in [0.717, 1.165) is 29.6 Å². The van der Waals surface area contributed by atoms with Crippen LogP contribution in [0.5, 0.6) is 0 Å². The molecule has 138 valence electrons. The fraction of sp³-hybridized carbons (Fsp3) is 0.556. The third kappa shape index (κ3) is 1.61. The SMILES string of the molecule is CC12CC3(c4ccccc4)CC4C1CC1CC2C(C3)C4(c2ccccc2)C1. The van der Waals surface area contributed by atoms with Crippen LogP contribution in [0.3, 0.4) is 0 Å². The lowest BCUT2D eigenvalue weighted by Crippen LogP contribution is -2.75. The Hall–Kier alpha value is -1.56. The second-order valence-corrected chi connectivity index (χ2v) is 11.1. The first-order valence-corrected chi connectivity index (χ1v) is 11.3. The smallest absolute Gasteiger partial charge is 0.00184 e. The first-order valence-electron chi connectivity index (χ1n) is 11.3. The third-order valence-electron chi connectivity index (χ3n) is 10.4. The third-order valence-corrected chi connectivity index (χ3v) is 10.4. The van der Waals surface area contributed by atoms with Gasteiger partial charge in [-0.15, -0.1) is 0 Å². The van der Waals surface area contributed by atoms with E-state index in [1.807, 2.05) is 0 Å². The summed E-state index contributed by atoms with van der Waals surface area (Å²) in [5.41, 5.74) is 4.90. The number of hydrogen-bond acceptors (Lipinski definition) is 0. The molecule has 7 aliphatic rings. The molecule has 9 rings (SSSR count). The number of rotatable bonds is 2. The highest BCUT2D eigenvalue weighted by molar-refractivity contribution is 5.42. The van der Waals surface area contributed by atoms with Crippen molar-refractivity contribution in [2.45, 2.75) is 56.3 Å². The molecular formula is C27H30. The summed E-state index contributed by atoms with van der Waals surface area (Å²) in [5, 5.41) is 0. The van der Waals surface area contributed by atoms with Gasteiger partial charge in [0.05, 0.1) is 0 Å². The van der Waals surface area contributed by atoms with Crippen LogP contribution in [0.4, 0.5) is 0 Å². The topological polar surface area (TPSA) is 0 Å². The van der Waals surface area contributed by atoms with Crippen LogP contribution in [0, 0.1) is 35.0 Å². The normalized spacial score (nSPS) is 51.1. The van der Waals surface area contributed by atoms with Crippen molar-refractivity contribution in [3.63, 3.8) is 0 Å². The fourth-order valence-electron chi connectivity index (χ4n) is 9.95. The van der Waals surface area contributed by atoms with Gasteiger partial charge in [-0.05, 0) is 90.1 Å². The summed E-state index contributed by atoms with van der Waals surface area (Å²) in [6.07, 6.45) is 8.90. The molecule has 7 fully saturated rings. The van der Waals surface area contributed by atoms with E-state index in [1.54, 1.807) is 11.1 Å². The summed E-state index contributed by atoms with van der Waals surface area (Å²) in [6.45, 7) is 2.72. The molecular weight excluding hydrogens is 324 g/mol. The van der Waals surface area contributed by atoms with E-state index in [1.165, 1.54) is 38.5 Å². The summed E-state index contributed by atoms with van der Waals surface area (Å²) in [5.74, 6) is 4.77. The van der Waals surface area contributed by atoms with Crippen LogP contribution in [0.15, 0.2) is 60.7 Å². The molecule has 0 heteroatoms. The van der Waals surface area contributed by atoms with Gasteiger partial charge in [-0.3, -0.25) is 0 Å². The molecule has 4 atom stereocenters. The molecule has 0 heterocycles. The van der Waals surface area contributed by atoms with Crippen LogP contribution in [0.25, 0.3) is 0 Å². The van der Waals surface area contributed by atoms with Crippen LogP contribution in [-0.4, -0.2) is 0 Å². The Balaban J connectivity index is 1.46. The Kier molecular flexibility index (Phi) is 2.68. The van der Waals surface area contributed by atoms with Crippen molar-refractivity contribution in [1.29, 1.82) is 0 Å². The van der Waals surface area contributed by atoms with Crippen molar-refractivity contribution < 1.29 is 0 Å². The number of hydrogen-bond donors (Lipinski definition) is 0. The van der Waals surface area contributed by atoms with Crippen molar-refractivity contribution >= 4 is 0 Å². The largest absolute Gasteiger partial charge is 0.0622 e. The average Bonchev–Trinajstić information content (AvgIpc) is 2.72. The van der Waals surface area contributed by atoms with E-state index in [9.17, 15) is 0 Å². The Labute approximate surface area is 163 Å². The number of benzene rings is 2. The highest BCUT2D eigenvalue weighted by Gasteiger charge is 2.76. The van der Waals surface area contributed by atoms with Gasteiger partial charge in [-0.25, -0.2) is 0 Å². The minimum atomic E-state index is 0.459. The Morgan fingerprint density at radius 1 is 0.667 bits per heavy atom. The molecule has 0 amide bonds. The van der Waals surface area contributed by atoms with E-state index in [0.29, 0.717) is 16.2 Å². The quantitative estimate of drug-likeness (QED) is 0.589. The maximum Gasteiger partial charge on any atom is 0.00184 e. The Morgan fingerprint density at radius 2 is 1.22 bits per heavy atom. The van der Waals surface area contributed by atoms with Gasteiger partial charge in [0.25, 0.3) is 0 Å². The molecule has 0 N–H and O–H groups in total. The predicted octanol–water partition coefficient (Wildman–Crippen LogP) is 6.36. The summed E-state index contributed by atoms with van der Waals surface area (Å²) >= 11 is 0. The molecule has 0 spiro atoms. The van der Waals surface area contributed by atoms with E-state index < -0.39 is 0 Å².